The number of fused-ring (bicyclic) bond motifs is 1. The fourth-order valence-corrected chi connectivity index (χ4v) is 4.02. The molecule has 0 N–H and O–H groups in total. The lowest BCUT2D eigenvalue weighted by Crippen LogP contribution is -2.07. The lowest BCUT2D eigenvalue weighted by molar-refractivity contribution is 0.601. The van der Waals surface area contributed by atoms with Gasteiger partial charge in [-0.2, -0.15) is 4.98 Å². The Hall–Kier alpha value is -2.12. The predicted molar refractivity (Wildman–Crippen MR) is 96.2 cm³/mol. The van der Waals surface area contributed by atoms with Crippen molar-refractivity contribution >= 4 is 31.3 Å². The fourth-order valence-electron chi connectivity index (χ4n) is 2.39. The average molecular weight is 360 g/mol. The number of aryl methyl sites for hydroxylation is 1. The Morgan fingerprint density at radius 3 is 2.58 bits per heavy atom. The molecule has 0 bridgehead atoms. The molecule has 0 amide bonds. The number of pyridine rings is 1. The van der Waals surface area contributed by atoms with Gasteiger partial charge in [-0.1, -0.05) is 25.5 Å². The van der Waals surface area contributed by atoms with Crippen LogP contribution in [0.15, 0.2) is 46.1 Å². The SMILES string of the molecule is CCCc1cc(S(C)(=O)=O)cc(-c2nc(=O)c3ccccc3s2)n1. The third kappa shape index (κ3) is 3.37. The lowest BCUT2D eigenvalue weighted by atomic mass is 10.2. The van der Waals surface area contributed by atoms with E-state index in [0.29, 0.717) is 28.2 Å². The maximum absolute atomic E-state index is 12.2. The number of hydrogen-bond acceptors (Lipinski definition) is 6. The average Bonchev–Trinajstić information content (AvgIpc) is 2.54. The molecule has 7 heteroatoms. The van der Waals surface area contributed by atoms with Crippen molar-refractivity contribution < 1.29 is 8.42 Å². The van der Waals surface area contributed by atoms with Crippen molar-refractivity contribution in [3.05, 3.63) is 52.4 Å². The van der Waals surface area contributed by atoms with Gasteiger partial charge in [-0.25, -0.2) is 8.42 Å². The normalized spacial score (nSPS) is 11.8. The summed E-state index contributed by atoms with van der Waals surface area (Å²) in [5, 5.41) is 0.987. The van der Waals surface area contributed by atoms with Gasteiger partial charge < -0.3 is 0 Å². The van der Waals surface area contributed by atoms with Crippen molar-refractivity contribution in [1.29, 1.82) is 0 Å². The molecule has 1 aromatic carbocycles. The molecule has 5 nitrogen and oxygen atoms in total. The summed E-state index contributed by atoms with van der Waals surface area (Å²) in [5.74, 6) is 0. The standard InChI is InChI=1S/C17H16N2O3S2/c1-3-6-11-9-12(24(2,21)22)10-14(18-11)17-19-16(20)13-7-4-5-8-15(13)23-17/h4-5,7-10H,3,6H2,1-2H3. The molecule has 0 saturated heterocycles. The van der Waals surface area contributed by atoms with E-state index in [1.165, 1.54) is 17.4 Å². The molecule has 0 spiro atoms. The Bertz CT molecular complexity index is 1070. The quantitative estimate of drug-likeness (QED) is 0.714. The number of aromatic nitrogens is 2. The summed E-state index contributed by atoms with van der Waals surface area (Å²) in [6.07, 6.45) is 2.68. The Morgan fingerprint density at radius 2 is 1.88 bits per heavy atom. The Balaban J connectivity index is 2.25. The van der Waals surface area contributed by atoms with Crippen LogP contribution in [0.5, 0.6) is 0 Å². The second-order valence-electron chi connectivity index (χ2n) is 5.52. The van der Waals surface area contributed by atoms with E-state index in [-0.39, 0.29) is 10.5 Å². The molecule has 0 unspecified atom stereocenters. The van der Waals surface area contributed by atoms with E-state index >= 15 is 0 Å². The second kappa shape index (κ2) is 6.41. The smallest absolute Gasteiger partial charge is 0.267 e. The van der Waals surface area contributed by atoms with Crippen LogP contribution in [0.2, 0.25) is 0 Å². The first-order chi connectivity index (χ1) is 11.4. The highest BCUT2D eigenvalue weighted by atomic mass is 32.2. The van der Waals surface area contributed by atoms with Crippen LogP contribution < -0.4 is 5.56 Å². The van der Waals surface area contributed by atoms with Crippen LogP contribution in [0, 0.1) is 0 Å². The number of hydrogen-bond donors (Lipinski definition) is 0. The number of nitrogens with zero attached hydrogens (tertiary/aromatic N) is 2. The molecule has 0 aliphatic rings. The van der Waals surface area contributed by atoms with Crippen molar-refractivity contribution in [3.8, 4) is 10.7 Å². The third-order valence-electron chi connectivity index (χ3n) is 3.53. The van der Waals surface area contributed by atoms with Crippen LogP contribution in [0.25, 0.3) is 20.8 Å². The first-order valence-electron chi connectivity index (χ1n) is 7.50. The van der Waals surface area contributed by atoms with Gasteiger partial charge in [0.2, 0.25) is 0 Å². The molecule has 0 saturated carbocycles. The summed E-state index contributed by atoms with van der Waals surface area (Å²) >= 11 is 1.33. The molecular weight excluding hydrogens is 344 g/mol. The van der Waals surface area contributed by atoms with Crippen molar-refractivity contribution in [3.63, 3.8) is 0 Å². The van der Waals surface area contributed by atoms with Gasteiger partial charge in [0.15, 0.2) is 9.84 Å². The van der Waals surface area contributed by atoms with Gasteiger partial charge in [-0.15, -0.1) is 11.3 Å². The molecule has 0 atom stereocenters. The zero-order valence-electron chi connectivity index (χ0n) is 13.3. The highest BCUT2D eigenvalue weighted by Gasteiger charge is 2.15. The van der Waals surface area contributed by atoms with Crippen LogP contribution in [0.3, 0.4) is 0 Å². The van der Waals surface area contributed by atoms with Crippen LogP contribution in [-0.2, 0) is 16.3 Å². The van der Waals surface area contributed by atoms with Crippen LogP contribution in [-0.4, -0.2) is 24.6 Å². The molecule has 2 aromatic heterocycles. The summed E-state index contributed by atoms with van der Waals surface area (Å²) < 4.78 is 24.7. The number of sulfone groups is 1. The molecular formula is C17H16N2O3S2. The summed E-state index contributed by atoms with van der Waals surface area (Å²) in [6.45, 7) is 2.00. The number of benzene rings is 1. The van der Waals surface area contributed by atoms with E-state index in [0.717, 1.165) is 17.4 Å². The Labute approximate surface area is 144 Å². The highest BCUT2D eigenvalue weighted by molar-refractivity contribution is 7.90. The minimum atomic E-state index is -3.37. The Kier molecular flexibility index (Phi) is 4.47. The van der Waals surface area contributed by atoms with Gasteiger partial charge in [0.1, 0.15) is 10.7 Å². The van der Waals surface area contributed by atoms with E-state index in [1.807, 2.05) is 19.1 Å². The fraction of sp³-hybridized carbons (Fsp3) is 0.235. The zero-order chi connectivity index (χ0) is 17.3. The van der Waals surface area contributed by atoms with Crippen LogP contribution >= 0.6 is 11.3 Å². The van der Waals surface area contributed by atoms with Gasteiger partial charge in [0.05, 0.1) is 10.3 Å². The zero-order valence-corrected chi connectivity index (χ0v) is 14.9. The molecule has 0 aliphatic carbocycles. The van der Waals surface area contributed by atoms with Gasteiger partial charge in [-0.3, -0.25) is 9.78 Å². The predicted octanol–water partition coefficient (Wildman–Crippen LogP) is 3.07. The van der Waals surface area contributed by atoms with Crippen molar-refractivity contribution in [2.75, 3.05) is 6.26 Å². The van der Waals surface area contributed by atoms with Gasteiger partial charge in [0.25, 0.3) is 5.56 Å². The van der Waals surface area contributed by atoms with Gasteiger partial charge in [0, 0.05) is 16.6 Å². The Morgan fingerprint density at radius 1 is 1.12 bits per heavy atom. The molecule has 0 fully saturated rings. The largest absolute Gasteiger partial charge is 0.279 e. The van der Waals surface area contributed by atoms with E-state index < -0.39 is 9.84 Å². The van der Waals surface area contributed by atoms with E-state index in [1.54, 1.807) is 18.2 Å². The van der Waals surface area contributed by atoms with Crippen molar-refractivity contribution in [1.82, 2.24) is 9.97 Å². The second-order valence-corrected chi connectivity index (χ2v) is 8.57. The van der Waals surface area contributed by atoms with Crippen molar-refractivity contribution in [2.24, 2.45) is 0 Å². The first kappa shape index (κ1) is 16.7. The topological polar surface area (TPSA) is 77.0 Å². The minimum absolute atomic E-state index is 0.200. The maximum Gasteiger partial charge on any atom is 0.279 e. The maximum atomic E-state index is 12.2. The molecule has 0 aliphatic heterocycles. The summed E-state index contributed by atoms with van der Waals surface area (Å²) in [5.41, 5.74) is 0.780. The highest BCUT2D eigenvalue weighted by Crippen LogP contribution is 2.27. The van der Waals surface area contributed by atoms with Crippen molar-refractivity contribution in [2.45, 2.75) is 24.7 Å². The molecule has 0 radical (unpaired) electrons. The molecule has 3 aromatic rings. The van der Waals surface area contributed by atoms with E-state index in [2.05, 4.69) is 9.97 Å². The summed E-state index contributed by atoms with van der Waals surface area (Å²) in [4.78, 5) is 21.0. The van der Waals surface area contributed by atoms with Crippen LogP contribution in [0.1, 0.15) is 19.0 Å². The molecule has 124 valence electrons. The molecule has 3 rings (SSSR count). The monoisotopic (exact) mass is 360 g/mol. The van der Waals surface area contributed by atoms with Gasteiger partial charge in [-0.05, 0) is 30.7 Å². The lowest BCUT2D eigenvalue weighted by Gasteiger charge is -2.07. The number of rotatable bonds is 4. The summed E-state index contributed by atoms with van der Waals surface area (Å²) in [7, 11) is -3.37. The van der Waals surface area contributed by atoms with Crippen LogP contribution in [0.4, 0.5) is 0 Å². The molecule has 2 heterocycles. The van der Waals surface area contributed by atoms with E-state index in [9.17, 15) is 13.2 Å². The summed E-state index contributed by atoms with van der Waals surface area (Å²) in [6, 6.07) is 10.3. The minimum Gasteiger partial charge on any atom is -0.267 e. The molecule has 24 heavy (non-hydrogen) atoms. The third-order valence-corrected chi connectivity index (χ3v) is 5.69. The first-order valence-corrected chi connectivity index (χ1v) is 10.2. The van der Waals surface area contributed by atoms with Gasteiger partial charge >= 0.3 is 0 Å². The van der Waals surface area contributed by atoms with E-state index in [4.69, 9.17) is 0 Å².